The molecule has 0 amide bonds. The summed E-state index contributed by atoms with van der Waals surface area (Å²) >= 11 is 3.00. The first-order chi connectivity index (χ1) is 8.21. The summed E-state index contributed by atoms with van der Waals surface area (Å²) in [6.07, 6.45) is -2.47. The van der Waals surface area contributed by atoms with Gasteiger partial charge in [0, 0.05) is 30.3 Å². The van der Waals surface area contributed by atoms with Gasteiger partial charge in [-0.15, -0.1) is 0 Å². The molecule has 0 aliphatic rings. The highest BCUT2D eigenvalue weighted by atomic mass is 79.9. The third kappa shape index (κ3) is 4.13. The highest BCUT2D eigenvalue weighted by molar-refractivity contribution is 9.10. The zero-order chi connectivity index (χ0) is 13.9. The van der Waals surface area contributed by atoms with Crippen LogP contribution in [-0.4, -0.2) is 24.6 Å². The van der Waals surface area contributed by atoms with Crippen molar-refractivity contribution in [2.75, 3.05) is 18.5 Å². The SMILES string of the molecule is CC(N)CCN(C)c1ncc(Br)cc1C(F)(F)F. The Hall–Kier alpha value is -0.820. The molecule has 0 saturated carbocycles. The minimum atomic E-state index is -4.42. The molecule has 0 fully saturated rings. The molecule has 18 heavy (non-hydrogen) atoms. The van der Waals surface area contributed by atoms with Gasteiger partial charge in [0.2, 0.25) is 0 Å². The van der Waals surface area contributed by atoms with Crippen LogP contribution in [0.4, 0.5) is 19.0 Å². The molecule has 102 valence electrons. The maximum absolute atomic E-state index is 12.9. The molecular formula is C11H15BrF3N3. The standard InChI is InChI=1S/C11H15BrF3N3/c1-7(16)3-4-18(2)10-9(11(13,14)15)5-8(12)6-17-10/h5-7H,3-4,16H2,1-2H3. The van der Waals surface area contributed by atoms with Gasteiger partial charge in [0.25, 0.3) is 0 Å². The van der Waals surface area contributed by atoms with Crippen molar-refractivity contribution in [3.63, 3.8) is 0 Å². The van der Waals surface area contributed by atoms with Crippen LogP contribution < -0.4 is 10.6 Å². The Morgan fingerprint density at radius 3 is 2.61 bits per heavy atom. The lowest BCUT2D eigenvalue weighted by Crippen LogP contribution is -2.28. The number of anilines is 1. The first kappa shape index (κ1) is 15.2. The van der Waals surface area contributed by atoms with Crippen molar-refractivity contribution < 1.29 is 13.2 Å². The van der Waals surface area contributed by atoms with Gasteiger partial charge >= 0.3 is 6.18 Å². The summed E-state index contributed by atoms with van der Waals surface area (Å²) < 4.78 is 38.9. The van der Waals surface area contributed by atoms with E-state index < -0.39 is 11.7 Å². The van der Waals surface area contributed by atoms with Crippen LogP contribution in [0.5, 0.6) is 0 Å². The molecule has 1 aromatic heterocycles. The van der Waals surface area contributed by atoms with Crippen molar-refractivity contribution in [2.24, 2.45) is 5.73 Å². The van der Waals surface area contributed by atoms with Crippen molar-refractivity contribution in [2.45, 2.75) is 25.6 Å². The van der Waals surface area contributed by atoms with Gasteiger partial charge in [0.15, 0.2) is 0 Å². The Labute approximate surface area is 112 Å². The third-order valence-corrected chi connectivity index (χ3v) is 2.85. The van der Waals surface area contributed by atoms with E-state index in [0.717, 1.165) is 6.07 Å². The van der Waals surface area contributed by atoms with Crippen LogP contribution in [0.1, 0.15) is 18.9 Å². The highest BCUT2D eigenvalue weighted by Crippen LogP contribution is 2.36. The van der Waals surface area contributed by atoms with Crippen molar-refractivity contribution in [3.8, 4) is 0 Å². The van der Waals surface area contributed by atoms with Crippen LogP contribution in [-0.2, 0) is 6.18 Å². The molecule has 1 unspecified atom stereocenters. The fourth-order valence-corrected chi connectivity index (χ4v) is 1.78. The lowest BCUT2D eigenvalue weighted by Gasteiger charge is -2.23. The van der Waals surface area contributed by atoms with E-state index in [0.29, 0.717) is 17.4 Å². The van der Waals surface area contributed by atoms with Crippen LogP contribution in [0.2, 0.25) is 0 Å². The second-order valence-electron chi connectivity index (χ2n) is 4.21. The molecule has 1 atom stereocenters. The topological polar surface area (TPSA) is 42.1 Å². The minimum Gasteiger partial charge on any atom is -0.359 e. The lowest BCUT2D eigenvalue weighted by atomic mass is 10.2. The smallest absolute Gasteiger partial charge is 0.359 e. The minimum absolute atomic E-state index is 0.0581. The van der Waals surface area contributed by atoms with E-state index in [1.165, 1.54) is 11.1 Å². The van der Waals surface area contributed by atoms with Crippen LogP contribution in [0, 0.1) is 0 Å². The highest BCUT2D eigenvalue weighted by Gasteiger charge is 2.35. The zero-order valence-electron chi connectivity index (χ0n) is 10.1. The maximum atomic E-state index is 12.9. The molecule has 1 heterocycles. The molecular weight excluding hydrogens is 311 g/mol. The summed E-state index contributed by atoms with van der Waals surface area (Å²) in [7, 11) is 1.58. The van der Waals surface area contributed by atoms with Gasteiger partial charge in [-0.05, 0) is 35.3 Å². The molecule has 0 aromatic carbocycles. The summed E-state index contributed by atoms with van der Waals surface area (Å²) in [5, 5.41) is 0. The molecule has 0 aliphatic carbocycles. The molecule has 3 nitrogen and oxygen atoms in total. The largest absolute Gasteiger partial charge is 0.419 e. The van der Waals surface area contributed by atoms with Gasteiger partial charge in [-0.3, -0.25) is 0 Å². The number of halogens is 4. The number of hydrogen-bond donors (Lipinski definition) is 1. The predicted molar refractivity (Wildman–Crippen MR) is 68.5 cm³/mol. The van der Waals surface area contributed by atoms with Crippen LogP contribution in [0.25, 0.3) is 0 Å². The summed E-state index contributed by atoms with van der Waals surface area (Å²) in [5.74, 6) is -0.0775. The molecule has 1 aromatic rings. The van der Waals surface area contributed by atoms with E-state index in [-0.39, 0.29) is 11.9 Å². The van der Waals surface area contributed by atoms with E-state index in [1.54, 1.807) is 7.05 Å². The van der Waals surface area contributed by atoms with Crippen LogP contribution in [0.3, 0.4) is 0 Å². The van der Waals surface area contributed by atoms with Crippen LogP contribution in [0.15, 0.2) is 16.7 Å². The van der Waals surface area contributed by atoms with E-state index in [2.05, 4.69) is 20.9 Å². The van der Waals surface area contributed by atoms with Gasteiger partial charge in [-0.25, -0.2) is 4.98 Å². The number of nitrogens with two attached hydrogens (primary N) is 1. The first-order valence-corrected chi connectivity index (χ1v) is 6.20. The van der Waals surface area contributed by atoms with Crippen molar-refractivity contribution in [1.29, 1.82) is 0 Å². The molecule has 0 radical (unpaired) electrons. The Kier molecular flexibility index (Phi) is 4.98. The van der Waals surface area contributed by atoms with Gasteiger partial charge in [-0.2, -0.15) is 13.2 Å². The molecule has 0 bridgehead atoms. The number of nitrogens with zero attached hydrogens (tertiary/aromatic N) is 2. The number of pyridine rings is 1. The monoisotopic (exact) mass is 325 g/mol. The first-order valence-electron chi connectivity index (χ1n) is 5.41. The van der Waals surface area contributed by atoms with Gasteiger partial charge in [0.05, 0.1) is 5.56 Å². The fourth-order valence-electron chi connectivity index (χ4n) is 1.45. The Morgan fingerprint density at radius 2 is 2.11 bits per heavy atom. The van der Waals surface area contributed by atoms with Crippen LogP contribution >= 0.6 is 15.9 Å². The maximum Gasteiger partial charge on any atom is 0.419 e. The Balaban J connectivity index is 3.00. The molecule has 0 aliphatic heterocycles. The number of rotatable bonds is 4. The molecule has 0 saturated heterocycles. The number of aromatic nitrogens is 1. The number of hydrogen-bond acceptors (Lipinski definition) is 3. The molecule has 7 heteroatoms. The third-order valence-electron chi connectivity index (χ3n) is 2.42. The average molecular weight is 326 g/mol. The summed E-state index contributed by atoms with van der Waals surface area (Å²) in [6.45, 7) is 2.24. The second-order valence-corrected chi connectivity index (χ2v) is 5.13. The molecule has 2 N–H and O–H groups in total. The zero-order valence-corrected chi connectivity index (χ0v) is 11.7. The van der Waals surface area contributed by atoms with E-state index in [4.69, 9.17) is 5.73 Å². The number of alkyl halides is 3. The van der Waals surface area contributed by atoms with E-state index >= 15 is 0 Å². The lowest BCUT2D eigenvalue weighted by molar-refractivity contribution is -0.137. The molecule has 1 rings (SSSR count). The van der Waals surface area contributed by atoms with Gasteiger partial charge < -0.3 is 10.6 Å². The Morgan fingerprint density at radius 1 is 1.50 bits per heavy atom. The van der Waals surface area contributed by atoms with E-state index in [9.17, 15) is 13.2 Å². The normalized spacial score (nSPS) is 13.5. The van der Waals surface area contributed by atoms with E-state index in [1.807, 2.05) is 6.92 Å². The Bertz CT molecular complexity index is 407. The van der Waals surface area contributed by atoms with Crippen molar-refractivity contribution in [3.05, 3.63) is 22.3 Å². The quantitative estimate of drug-likeness (QED) is 0.925. The molecule has 0 spiro atoms. The fraction of sp³-hybridized carbons (Fsp3) is 0.545. The summed E-state index contributed by atoms with van der Waals surface area (Å²) in [6, 6.07) is 0.974. The van der Waals surface area contributed by atoms with Crippen molar-refractivity contribution >= 4 is 21.7 Å². The second kappa shape index (κ2) is 5.88. The summed E-state index contributed by atoms with van der Waals surface area (Å²) in [4.78, 5) is 5.31. The average Bonchev–Trinajstić information content (AvgIpc) is 2.24. The van der Waals surface area contributed by atoms with Gasteiger partial charge in [0.1, 0.15) is 5.82 Å². The summed E-state index contributed by atoms with van der Waals surface area (Å²) in [5.41, 5.74) is 4.84. The van der Waals surface area contributed by atoms with Gasteiger partial charge in [-0.1, -0.05) is 0 Å². The predicted octanol–water partition coefficient (Wildman–Crippen LogP) is 3.04. The van der Waals surface area contributed by atoms with Crippen molar-refractivity contribution in [1.82, 2.24) is 4.98 Å².